The quantitative estimate of drug-likeness (QED) is 0.619. The van der Waals surface area contributed by atoms with Crippen molar-refractivity contribution >= 4 is 23.4 Å². The smallest absolute Gasteiger partial charge is 0.242 e. The summed E-state index contributed by atoms with van der Waals surface area (Å²) < 4.78 is 10.6. The van der Waals surface area contributed by atoms with E-state index in [9.17, 15) is 9.59 Å². The van der Waals surface area contributed by atoms with Crippen LogP contribution < -0.4 is 14.8 Å². The Morgan fingerprint density at radius 3 is 2.27 bits per heavy atom. The van der Waals surface area contributed by atoms with Gasteiger partial charge in [0.2, 0.25) is 11.8 Å². The first-order chi connectivity index (χ1) is 14.4. The summed E-state index contributed by atoms with van der Waals surface area (Å²) >= 11 is 5.97. The van der Waals surface area contributed by atoms with E-state index in [1.165, 1.54) is 0 Å². The van der Waals surface area contributed by atoms with Gasteiger partial charge in [0.25, 0.3) is 0 Å². The summed E-state index contributed by atoms with van der Waals surface area (Å²) in [5.74, 6) is 0.988. The minimum Gasteiger partial charge on any atom is -0.493 e. The molecule has 0 spiro atoms. The first kappa shape index (κ1) is 23.5. The van der Waals surface area contributed by atoms with Crippen molar-refractivity contribution in [3.8, 4) is 11.5 Å². The highest BCUT2D eigenvalue weighted by Crippen LogP contribution is 2.28. The lowest BCUT2D eigenvalue weighted by Gasteiger charge is -2.29. The second kappa shape index (κ2) is 11.5. The highest BCUT2D eigenvalue weighted by atomic mass is 35.5. The van der Waals surface area contributed by atoms with Crippen LogP contribution in [0.3, 0.4) is 0 Å². The molecule has 0 radical (unpaired) electrons. The van der Waals surface area contributed by atoms with Crippen LogP contribution in [0.15, 0.2) is 42.5 Å². The van der Waals surface area contributed by atoms with Crippen molar-refractivity contribution in [1.29, 1.82) is 0 Å². The molecule has 2 aromatic carbocycles. The van der Waals surface area contributed by atoms with Gasteiger partial charge in [0.1, 0.15) is 6.04 Å². The van der Waals surface area contributed by atoms with E-state index in [1.54, 1.807) is 38.2 Å². The number of methoxy groups -OCH3 is 2. The molecular weight excluding hydrogens is 404 g/mol. The Bertz CT molecular complexity index is 855. The van der Waals surface area contributed by atoms with Gasteiger partial charge in [-0.25, -0.2) is 0 Å². The Balaban J connectivity index is 2.15. The maximum Gasteiger partial charge on any atom is 0.242 e. The monoisotopic (exact) mass is 432 g/mol. The summed E-state index contributed by atoms with van der Waals surface area (Å²) in [5, 5.41) is 3.42. The number of halogens is 1. The van der Waals surface area contributed by atoms with Crippen LogP contribution in [0.5, 0.6) is 11.5 Å². The molecule has 2 rings (SSSR count). The van der Waals surface area contributed by atoms with Crippen molar-refractivity contribution in [2.75, 3.05) is 20.8 Å². The zero-order valence-electron chi connectivity index (χ0n) is 17.9. The standard InChI is InChI=1S/C23H29ClN2O4/c1-5-25-23(28)16(2)26(15-18-6-10-19(24)11-7-18)22(27)13-9-17-8-12-20(29-3)21(14-17)30-4/h6-8,10-12,14,16H,5,9,13,15H2,1-4H3,(H,25,28)/t16-/m1/s1. The number of likely N-dealkylation sites (N-methyl/N-ethyl adjacent to an activating group) is 1. The van der Waals surface area contributed by atoms with Crippen LogP contribution in [-0.2, 0) is 22.6 Å². The molecule has 1 N–H and O–H groups in total. The molecule has 162 valence electrons. The average molecular weight is 433 g/mol. The third kappa shape index (κ3) is 6.39. The minimum atomic E-state index is -0.585. The SMILES string of the molecule is CCNC(=O)[C@@H](C)N(Cc1ccc(Cl)cc1)C(=O)CCc1ccc(OC)c(OC)c1. The Kier molecular flexibility index (Phi) is 8.99. The van der Waals surface area contributed by atoms with Crippen molar-refractivity contribution in [3.63, 3.8) is 0 Å². The van der Waals surface area contributed by atoms with Crippen LogP contribution in [-0.4, -0.2) is 43.5 Å². The lowest BCUT2D eigenvalue weighted by molar-refractivity contribution is -0.140. The molecule has 7 heteroatoms. The fraction of sp³-hybridized carbons (Fsp3) is 0.391. The number of ether oxygens (including phenoxy) is 2. The Morgan fingerprint density at radius 1 is 1.03 bits per heavy atom. The zero-order chi connectivity index (χ0) is 22.1. The van der Waals surface area contributed by atoms with Gasteiger partial charge in [-0.05, 0) is 55.7 Å². The van der Waals surface area contributed by atoms with Gasteiger partial charge in [0.05, 0.1) is 14.2 Å². The van der Waals surface area contributed by atoms with Crippen molar-refractivity contribution in [1.82, 2.24) is 10.2 Å². The summed E-state index contributed by atoms with van der Waals surface area (Å²) in [4.78, 5) is 27.1. The van der Waals surface area contributed by atoms with Gasteiger partial charge in [-0.1, -0.05) is 29.8 Å². The second-order valence-electron chi connectivity index (χ2n) is 6.91. The second-order valence-corrected chi connectivity index (χ2v) is 7.34. The molecular formula is C23H29ClN2O4. The summed E-state index contributed by atoms with van der Waals surface area (Å²) in [7, 11) is 3.16. The van der Waals surface area contributed by atoms with Crippen LogP contribution in [0, 0.1) is 0 Å². The van der Waals surface area contributed by atoms with E-state index in [-0.39, 0.29) is 18.2 Å². The van der Waals surface area contributed by atoms with Crippen LogP contribution in [0.1, 0.15) is 31.4 Å². The molecule has 30 heavy (non-hydrogen) atoms. The summed E-state index contributed by atoms with van der Waals surface area (Å²) in [6.07, 6.45) is 0.797. The zero-order valence-corrected chi connectivity index (χ0v) is 18.7. The van der Waals surface area contributed by atoms with E-state index in [4.69, 9.17) is 21.1 Å². The van der Waals surface area contributed by atoms with Crippen molar-refractivity contribution < 1.29 is 19.1 Å². The van der Waals surface area contributed by atoms with Gasteiger partial charge in [0.15, 0.2) is 11.5 Å². The molecule has 1 atom stereocenters. The Hall–Kier alpha value is -2.73. The van der Waals surface area contributed by atoms with Gasteiger partial charge in [0, 0.05) is 24.5 Å². The lowest BCUT2D eigenvalue weighted by Crippen LogP contribution is -2.47. The predicted molar refractivity (Wildman–Crippen MR) is 118 cm³/mol. The number of carbonyl (C=O) groups excluding carboxylic acids is 2. The fourth-order valence-corrected chi connectivity index (χ4v) is 3.25. The van der Waals surface area contributed by atoms with Gasteiger partial charge >= 0.3 is 0 Å². The summed E-state index contributed by atoms with van der Waals surface area (Å²) in [5.41, 5.74) is 1.87. The normalized spacial score (nSPS) is 11.5. The third-order valence-corrected chi connectivity index (χ3v) is 5.11. The predicted octanol–water partition coefficient (Wildman–Crippen LogP) is 3.84. The van der Waals surface area contributed by atoms with E-state index >= 15 is 0 Å². The van der Waals surface area contributed by atoms with Crippen molar-refractivity contribution in [3.05, 3.63) is 58.6 Å². The van der Waals surface area contributed by atoms with Gasteiger partial charge in [-0.3, -0.25) is 9.59 Å². The van der Waals surface area contributed by atoms with E-state index in [2.05, 4.69) is 5.32 Å². The number of nitrogens with zero attached hydrogens (tertiary/aromatic N) is 1. The molecule has 0 fully saturated rings. The topological polar surface area (TPSA) is 67.9 Å². The van der Waals surface area contributed by atoms with Crippen LogP contribution in [0.2, 0.25) is 5.02 Å². The highest BCUT2D eigenvalue weighted by Gasteiger charge is 2.25. The van der Waals surface area contributed by atoms with Crippen LogP contribution in [0.25, 0.3) is 0 Å². The number of benzene rings is 2. The molecule has 0 unspecified atom stereocenters. The maximum absolute atomic E-state index is 13.1. The molecule has 6 nitrogen and oxygen atoms in total. The van der Waals surface area contributed by atoms with Crippen molar-refractivity contribution in [2.45, 2.75) is 39.3 Å². The molecule has 0 aromatic heterocycles. The molecule has 0 aliphatic rings. The maximum atomic E-state index is 13.1. The largest absolute Gasteiger partial charge is 0.493 e. The van der Waals surface area contributed by atoms with Gasteiger partial charge in [-0.2, -0.15) is 0 Å². The molecule has 0 bridgehead atoms. The van der Waals surface area contributed by atoms with Gasteiger partial charge < -0.3 is 19.7 Å². The first-order valence-corrected chi connectivity index (χ1v) is 10.3. The molecule has 2 amide bonds. The van der Waals surface area contributed by atoms with E-state index < -0.39 is 6.04 Å². The summed E-state index contributed by atoms with van der Waals surface area (Å²) in [6.45, 7) is 4.44. The molecule has 0 aliphatic carbocycles. The van der Waals surface area contributed by atoms with Gasteiger partial charge in [-0.15, -0.1) is 0 Å². The number of hydrogen-bond donors (Lipinski definition) is 1. The molecule has 2 aromatic rings. The third-order valence-electron chi connectivity index (χ3n) is 4.86. The number of nitrogens with one attached hydrogen (secondary N) is 1. The minimum absolute atomic E-state index is 0.0986. The number of hydrogen-bond acceptors (Lipinski definition) is 4. The van der Waals surface area contributed by atoms with Crippen molar-refractivity contribution in [2.24, 2.45) is 0 Å². The van der Waals surface area contributed by atoms with Crippen LogP contribution >= 0.6 is 11.6 Å². The Morgan fingerprint density at radius 2 is 1.67 bits per heavy atom. The number of aryl methyl sites for hydroxylation is 1. The molecule has 0 aliphatic heterocycles. The van der Waals surface area contributed by atoms with E-state index in [1.807, 2.05) is 37.3 Å². The molecule has 0 saturated carbocycles. The highest BCUT2D eigenvalue weighted by molar-refractivity contribution is 6.30. The fourth-order valence-electron chi connectivity index (χ4n) is 3.12. The van der Waals surface area contributed by atoms with E-state index in [0.717, 1.165) is 11.1 Å². The first-order valence-electron chi connectivity index (χ1n) is 9.92. The molecule has 0 heterocycles. The van der Waals surface area contributed by atoms with Crippen LogP contribution in [0.4, 0.5) is 0 Å². The summed E-state index contributed by atoms with van der Waals surface area (Å²) in [6, 6.07) is 12.3. The Labute approximate surface area is 183 Å². The molecule has 0 saturated heterocycles. The number of amides is 2. The van der Waals surface area contributed by atoms with E-state index in [0.29, 0.717) is 36.0 Å². The average Bonchev–Trinajstić information content (AvgIpc) is 2.76. The number of rotatable bonds is 10. The number of carbonyl (C=O) groups is 2. The lowest BCUT2D eigenvalue weighted by atomic mass is 10.1.